The Morgan fingerprint density at radius 1 is 0.963 bits per heavy atom. The van der Waals surface area contributed by atoms with E-state index in [2.05, 4.69) is 20.9 Å². The first-order valence-corrected chi connectivity index (χ1v) is 10.4. The van der Waals surface area contributed by atoms with E-state index in [1.54, 1.807) is 11.3 Å². The standard InChI is InChI=1S/C21H22ClN3OS/c22-19-9-5-4-8-18(19)20-16-27-21(23-17-6-2-1-3-7-17)25(20)11-10-24-12-14-26-15-13-24/h1-9,16H,10-15H2. The van der Waals surface area contributed by atoms with Gasteiger partial charge in [-0.05, 0) is 18.2 Å². The lowest BCUT2D eigenvalue weighted by Gasteiger charge is -2.26. The molecule has 4 nitrogen and oxygen atoms in total. The maximum atomic E-state index is 6.48. The summed E-state index contributed by atoms with van der Waals surface area (Å²) in [7, 11) is 0. The minimum Gasteiger partial charge on any atom is -0.379 e. The van der Waals surface area contributed by atoms with Gasteiger partial charge in [-0.2, -0.15) is 0 Å². The molecule has 0 saturated carbocycles. The molecule has 6 heteroatoms. The third kappa shape index (κ3) is 4.50. The van der Waals surface area contributed by atoms with Crippen LogP contribution in [0.25, 0.3) is 11.3 Å². The summed E-state index contributed by atoms with van der Waals surface area (Å²) in [5, 5.41) is 2.92. The minimum atomic E-state index is 0.765. The van der Waals surface area contributed by atoms with E-state index in [1.165, 1.54) is 0 Å². The summed E-state index contributed by atoms with van der Waals surface area (Å²) in [5.74, 6) is 0. The summed E-state index contributed by atoms with van der Waals surface area (Å²) in [6, 6.07) is 18.1. The Balaban J connectivity index is 1.71. The number of nitrogens with zero attached hydrogens (tertiary/aromatic N) is 3. The number of ether oxygens (including phenoxy) is 1. The first kappa shape index (κ1) is 18.4. The predicted molar refractivity (Wildman–Crippen MR) is 112 cm³/mol. The number of benzene rings is 2. The third-order valence-electron chi connectivity index (χ3n) is 4.67. The summed E-state index contributed by atoms with van der Waals surface area (Å²) in [5.41, 5.74) is 3.13. The fraction of sp³-hybridized carbons (Fsp3) is 0.286. The molecular formula is C21H22ClN3OS. The van der Waals surface area contributed by atoms with Crippen LogP contribution in [0, 0.1) is 0 Å². The van der Waals surface area contributed by atoms with E-state index in [-0.39, 0.29) is 0 Å². The monoisotopic (exact) mass is 399 g/mol. The normalized spacial score (nSPS) is 16.0. The molecule has 2 heterocycles. The number of morpholine rings is 1. The Morgan fingerprint density at radius 3 is 2.48 bits per heavy atom. The minimum absolute atomic E-state index is 0.765. The maximum absolute atomic E-state index is 6.48. The number of halogens is 1. The van der Waals surface area contributed by atoms with Gasteiger partial charge in [0.15, 0.2) is 4.80 Å². The second-order valence-electron chi connectivity index (χ2n) is 6.44. The van der Waals surface area contributed by atoms with Crippen LogP contribution in [0.3, 0.4) is 0 Å². The van der Waals surface area contributed by atoms with Crippen molar-refractivity contribution in [2.75, 3.05) is 32.8 Å². The molecule has 1 saturated heterocycles. The van der Waals surface area contributed by atoms with Gasteiger partial charge in [0, 0.05) is 42.1 Å². The van der Waals surface area contributed by atoms with E-state index in [0.29, 0.717) is 0 Å². The van der Waals surface area contributed by atoms with Crippen LogP contribution in [0.2, 0.25) is 5.02 Å². The molecule has 1 aromatic heterocycles. The van der Waals surface area contributed by atoms with Crippen molar-refractivity contribution in [1.29, 1.82) is 0 Å². The van der Waals surface area contributed by atoms with E-state index >= 15 is 0 Å². The van der Waals surface area contributed by atoms with Crippen LogP contribution in [-0.4, -0.2) is 42.3 Å². The smallest absolute Gasteiger partial charge is 0.190 e. The molecule has 3 aromatic rings. The quantitative estimate of drug-likeness (QED) is 0.635. The van der Waals surface area contributed by atoms with E-state index < -0.39 is 0 Å². The highest BCUT2D eigenvalue weighted by atomic mass is 35.5. The van der Waals surface area contributed by atoms with E-state index in [9.17, 15) is 0 Å². The van der Waals surface area contributed by atoms with Gasteiger partial charge in [0.25, 0.3) is 0 Å². The molecular weight excluding hydrogens is 378 g/mol. The number of aromatic nitrogens is 1. The average Bonchev–Trinajstić information content (AvgIpc) is 3.10. The highest BCUT2D eigenvalue weighted by Gasteiger charge is 2.14. The van der Waals surface area contributed by atoms with Crippen molar-refractivity contribution in [1.82, 2.24) is 9.47 Å². The van der Waals surface area contributed by atoms with Gasteiger partial charge in [0.05, 0.1) is 24.6 Å². The van der Waals surface area contributed by atoms with E-state index in [4.69, 9.17) is 21.3 Å². The summed E-state index contributed by atoms with van der Waals surface area (Å²) >= 11 is 8.14. The Bertz CT molecular complexity index is 945. The first-order chi connectivity index (χ1) is 13.3. The molecule has 0 unspecified atom stereocenters. The number of thiazole rings is 1. The lowest BCUT2D eigenvalue weighted by atomic mass is 10.2. The van der Waals surface area contributed by atoms with Crippen LogP contribution in [0.5, 0.6) is 0 Å². The van der Waals surface area contributed by atoms with Crippen molar-refractivity contribution < 1.29 is 4.74 Å². The fourth-order valence-corrected chi connectivity index (χ4v) is 4.38. The molecule has 140 valence electrons. The molecule has 2 aromatic carbocycles. The van der Waals surface area contributed by atoms with Gasteiger partial charge in [0.2, 0.25) is 0 Å². The lowest BCUT2D eigenvalue weighted by Crippen LogP contribution is -2.39. The van der Waals surface area contributed by atoms with Crippen LogP contribution in [-0.2, 0) is 11.3 Å². The predicted octanol–water partition coefficient (Wildman–Crippen LogP) is 4.43. The van der Waals surface area contributed by atoms with Crippen LogP contribution in [0.4, 0.5) is 5.69 Å². The largest absolute Gasteiger partial charge is 0.379 e. The molecule has 0 N–H and O–H groups in total. The highest BCUT2D eigenvalue weighted by Crippen LogP contribution is 2.28. The Labute approximate surface area is 168 Å². The maximum Gasteiger partial charge on any atom is 0.190 e. The summed E-state index contributed by atoms with van der Waals surface area (Å²) < 4.78 is 7.75. The first-order valence-electron chi connectivity index (χ1n) is 9.14. The van der Waals surface area contributed by atoms with Gasteiger partial charge in [-0.3, -0.25) is 4.90 Å². The van der Waals surface area contributed by atoms with Crippen molar-refractivity contribution in [3.63, 3.8) is 0 Å². The van der Waals surface area contributed by atoms with Crippen LogP contribution in [0.15, 0.2) is 65.0 Å². The molecule has 0 amide bonds. The average molecular weight is 400 g/mol. The molecule has 0 spiro atoms. The SMILES string of the molecule is Clc1ccccc1-c1csc(=Nc2ccccc2)n1CCN1CCOCC1. The van der Waals surface area contributed by atoms with Crippen molar-refractivity contribution in [2.24, 2.45) is 4.99 Å². The Morgan fingerprint density at radius 2 is 1.70 bits per heavy atom. The fourth-order valence-electron chi connectivity index (χ4n) is 3.20. The van der Waals surface area contributed by atoms with E-state index in [1.807, 2.05) is 48.5 Å². The second-order valence-corrected chi connectivity index (χ2v) is 7.68. The van der Waals surface area contributed by atoms with Gasteiger partial charge in [0.1, 0.15) is 0 Å². The molecule has 1 fully saturated rings. The van der Waals surface area contributed by atoms with Crippen LogP contribution in [0.1, 0.15) is 0 Å². The summed E-state index contributed by atoms with van der Waals surface area (Å²) in [6.07, 6.45) is 0. The Kier molecular flexibility index (Phi) is 6.04. The molecule has 1 aliphatic rings. The molecule has 1 aliphatic heterocycles. The van der Waals surface area contributed by atoms with Gasteiger partial charge >= 0.3 is 0 Å². The highest BCUT2D eigenvalue weighted by molar-refractivity contribution is 7.07. The molecule has 4 rings (SSSR count). The van der Waals surface area contributed by atoms with Crippen molar-refractivity contribution in [3.05, 3.63) is 69.8 Å². The zero-order valence-electron chi connectivity index (χ0n) is 15.1. The molecule has 27 heavy (non-hydrogen) atoms. The number of hydrogen-bond donors (Lipinski definition) is 0. The van der Waals surface area contributed by atoms with Crippen LogP contribution < -0.4 is 4.80 Å². The molecule has 0 atom stereocenters. The van der Waals surface area contributed by atoms with Crippen molar-refractivity contribution >= 4 is 28.6 Å². The van der Waals surface area contributed by atoms with E-state index in [0.717, 1.165) is 66.2 Å². The number of hydrogen-bond acceptors (Lipinski definition) is 4. The summed E-state index contributed by atoms with van der Waals surface area (Å²) in [4.78, 5) is 8.31. The van der Waals surface area contributed by atoms with Gasteiger partial charge in [-0.25, -0.2) is 4.99 Å². The number of para-hydroxylation sites is 1. The van der Waals surface area contributed by atoms with Crippen LogP contribution >= 0.6 is 22.9 Å². The zero-order chi connectivity index (χ0) is 18.5. The lowest BCUT2D eigenvalue weighted by molar-refractivity contribution is 0.0363. The second kappa shape index (κ2) is 8.85. The number of rotatable bonds is 5. The zero-order valence-corrected chi connectivity index (χ0v) is 16.6. The molecule has 0 radical (unpaired) electrons. The Hall–Kier alpha value is -1.92. The van der Waals surface area contributed by atoms with Gasteiger partial charge in [-0.1, -0.05) is 48.0 Å². The third-order valence-corrected chi connectivity index (χ3v) is 5.87. The molecule has 0 aliphatic carbocycles. The van der Waals surface area contributed by atoms with Crippen molar-refractivity contribution in [2.45, 2.75) is 6.54 Å². The topological polar surface area (TPSA) is 29.8 Å². The molecule has 0 bridgehead atoms. The van der Waals surface area contributed by atoms with Gasteiger partial charge < -0.3 is 9.30 Å². The van der Waals surface area contributed by atoms with Crippen molar-refractivity contribution in [3.8, 4) is 11.3 Å². The van der Waals surface area contributed by atoms with Gasteiger partial charge in [-0.15, -0.1) is 11.3 Å². The summed E-state index contributed by atoms with van der Waals surface area (Å²) in [6.45, 7) is 5.43.